The van der Waals surface area contributed by atoms with E-state index in [4.69, 9.17) is 0 Å². The molecule has 0 unspecified atom stereocenters. The van der Waals surface area contributed by atoms with Crippen molar-refractivity contribution in [2.45, 2.75) is 18.2 Å². The number of aromatic hydroxyl groups is 2. The molecule has 1 rings (SSSR count). The summed E-state index contributed by atoms with van der Waals surface area (Å²) in [6.07, 6.45) is 0.899. The molecule has 4 heteroatoms. The smallest absolute Gasteiger partial charge is 0.132 e. The van der Waals surface area contributed by atoms with Gasteiger partial charge in [-0.15, -0.1) is 11.8 Å². The van der Waals surface area contributed by atoms with Crippen LogP contribution in [0.15, 0.2) is 17.0 Å². The lowest BCUT2D eigenvalue weighted by atomic mass is 10.1. The molecule has 2 N–H and O–H groups in total. The van der Waals surface area contributed by atoms with Gasteiger partial charge in [-0.1, -0.05) is 6.92 Å². The van der Waals surface area contributed by atoms with Gasteiger partial charge in [0.1, 0.15) is 17.8 Å². The summed E-state index contributed by atoms with van der Waals surface area (Å²) in [6.45, 7) is 1.97. The predicted molar refractivity (Wildman–Crippen MR) is 55.9 cm³/mol. The lowest BCUT2D eigenvalue weighted by Crippen LogP contribution is -1.88. The maximum atomic E-state index is 10.3. The zero-order valence-corrected chi connectivity index (χ0v) is 8.67. The van der Waals surface area contributed by atoms with Crippen LogP contribution in [0.25, 0.3) is 0 Å². The first-order valence-electron chi connectivity index (χ1n) is 4.30. The van der Waals surface area contributed by atoms with Crippen molar-refractivity contribution in [3.63, 3.8) is 0 Å². The van der Waals surface area contributed by atoms with E-state index in [0.717, 1.165) is 12.0 Å². The van der Waals surface area contributed by atoms with Crippen molar-refractivity contribution in [2.75, 3.05) is 5.75 Å². The highest BCUT2D eigenvalue weighted by Gasteiger charge is 2.07. The van der Waals surface area contributed by atoms with Gasteiger partial charge in [-0.05, 0) is 11.8 Å². The number of benzene rings is 1. The summed E-state index contributed by atoms with van der Waals surface area (Å²) in [7, 11) is 0. The molecule has 0 aliphatic rings. The fraction of sp³-hybridized carbons (Fsp3) is 0.300. The molecular weight excluding hydrogens is 200 g/mol. The third-order valence-corrected chi connectivity index (χ3v) is 2.69. The molecule has 0 heterocycles. The second kappa shape index (κ2) is 4.91. The van der Waals surface area contributed by atoms with Gasteiger partial charge in [-0.25, -0.2) is 0 Å². The van der Waals surface area contributed by atoms with Gasteiger partial charge >= 0.3 is 0 Å². The molecule has 1 aromatic carbocycles. The van der Waals surface area contributed by atoms with Gasteiger partial charge in [0.05, 0.1) is 0 Å². The van der Waals surface area contributed by atoms with Crippen LogP contribution in [0, 0.1) is 0 Å². The normalized spacial score (nSPS) is 10.1. The first-order valence-corrected chi connectivity index (χ1v) is 5.28. The maximum absolute atomic E-state index is 10.3. The third kappa shape index (κ3) is 2.42. The summed E-state index contributed by atoms with van der Waals surface area (Å²) >= 11 is 1.47. The first kappa shape index (κ1) is 10.9. The molecule has 0 spiro atoms. The van der Waals surface area contributed by atoms with E-state index in [2.05, 4.69) is 0 Å². The van der Waals surface area contributed by atoms with Gasteiger partial charge in [0.2, 0.25) is 0 Å². The molecule has 0 aliphatic heterocycles. The molecule has 0 aromatic heterocycles. The molecule has 0 saturated carbocycles. The molecule has 76 valence electrons. The van der Waals surface area contributed by atoms with Crippen molar-refractivity contribution in [2.24, 2.45) is 0 Å². The fourth-order valence-electron chi connectivity index (χ4n) is 1.12. The third-order valence-electron chi connectivity index (χ3n) is 1.76. The second-order valence-corrected chi connectivity index (χ2v) is 4.06. The maximum Gasteiger partial charge on any atom is 0.132 e. The Morgan fingerprint density at radius 3 is 2.64 bits per heavy atom. The van der Waals surface area contributed by atoms with Crippen LogP contribution in [0.3, 0.4) is 0 Å². The minimum atomic E-state index is -0.0324. The summed E-state index contributed by atoms with van der Waals surface area (Å²) in [4.78, 5) is 11.0. The van der Waals surface area contributed by atoms with E-state index < -0.39 is 0 Å². The van der Waals surface area contributed by atoms with E-state index in [1.165, 1.54) is 17.8 Å². The quantitative estimate of drug-likeness (QED) is 0.591. The van der Waals surface area contributed by atoms with Crippen LogP contribution in [-0.2, 0) is 11.2 Å². The van der Waals surface area contributed by atoms with Crippen LogP contribution in [0.2, 0.25) is 0 Å². The molecule has 0 amide bonds. The average molecular weight is 212 g/mol. The Morgan fingerprint density at radius 1 is 1.36 bits per heavy atom. The summed E-state index contributed by atoms with van der Waals surface area (Å²) in [6, 6.07) is 2.92. The van der Waals surface area contributed by atoms with Gasteiger partial charge in [-0.3, -0.25) is 0 Å². The predicted octanol–water partition coefficient (Wildman–Crippen LogP) is 1.95. The zero-order valence-electron chi connectivity index (χ0n) is 7.86. The lowest BCUT2D eigenvalue weighted by molar-refractivity contribution is -0.107. The monoisotopic (exact) mass is 212 g/mol. The molecule has 0 fully saturated rings. The van der Waals surface area contributed by atoms with Crippen LogP contribution >= 0.6 is 11.8 Å². The highest BCUT2D eigenvalue weighted by molar-refractivity contribution is 7.99. The van der Waals surface area contributed by atoms with Crippen molar-refractivity contribution in [1.82, 2.24) is 0 Å². The Kier molecular flexibility index (Phi) is 3.83. The van der Waals surface area contributed by atoms with Gasteiger partial charge in [0.15, 0.2) is 0 Å². The Hall–Kier alpha value is -1.16. The number of thioether (sulfide) groups is 1. The summed E-state index contributed by atoms with van der Waals surface area (Å²) in [5, 5.41) is 18.8. The standard InChI is InChI=1S/C10H12O3S/c1-2-14-10-5-7(3-4-11)8(12)6-9(10)13/h4-6,12-13H,2-3H2,1H3. The molecule has 1 aromatic rings. The Labute approximate surface area is 86.8 Å². The summed E-state index contributed by atoms with van der Waals surface area (Å²) in [5.41, 5.74) is 0.550. The first-order chi connectivity index (χ1) is 6.69. The number of rotatable bonds is 4. The van der Waals surface area contributed by atoms with E-state index in [9.17, 15) is 15.0 Å². The van der Waals surface area contributed by atoms with Crippen molar-refractivity contribution < 1.29 is 15.0 Å². The van der Waals surface area contributed by atoms with Crippen molar-refractivity contribution in [1.29, 1.82) is 0 Å². The average Bonchev–Trinajstić information content (AvgIpc) is 2.14. The number of phenolic OH excluding ortho intramolecular Hbond substituents is 2. The van der Waals surface area contributed by atoms with Gasteiger partial charge in [0.25, 0.3) is 0 Å². The minimum Gasteiger partial charge on any atom is -0.508 e. The highest BCUT2D eigenvalue weighted by Crippen LogP contribution is 2.34. The number of hydrogen-bond acceptors (Lipinski definition) is 4. The summed E-state index contributed by atoms with van der Waals surface area (Å²) < 4.78 is 0. The Bertz CT molecular complexity index is 336. The molecule has 0 saturated heterocycles. The van der Waals surface area contributed by atoms with Crippen LogP contribution < -0.4 is 0 Å². The van der Waals surface area contributed by atoms with E-state index in [1.54, 1.807) is 6.07 Å². The molecule has 0 bridgehead atoms. The largest absolute Gasteiger partial charge is 0.508 e. The van der Waals surface area contributed by atoms with E-state index in [0.29, 0.717) is 10.5 Å². The SMILES string of the molecule is CCSc1cc(CC=O)c(O)cc1O. The summed E-state index contributed by atoms with van der Waals surface area (Å²) in [5.74, 6) is 0.859. The molecule has 3 nitrogen and oxygen atoms in total. The number of phenols is 2. The van der Waals surface area contributed by atoms with E-state index in [-0.39, 0.29) is 17.9 Å². The highest BCUT2D eigenvalue weighted by atomic mass is 32.2. The number of carbonyl (C=O) groups is 1. The van der Waals surface area contributed by atoms with Crippen LogP contribution in [0.5, 0.6) is 11.5 Å². The number of aldehydes is 1. The Morgan fingerprint density at radius 2 is 2.07 bits per heavy atom. The van der Waals surface area contributed by atoms with Gasteiger partial charge in [-0.2, -0.15) is 0 Å². The van der Waals surface area contributed by atoms with Crippen molar-refractivity contribution in [3.05, 3.63) is 17.7 Å². The molecule has 0 aliphatic carbocycles. The second-order valence-electron chi connectivity index (χ2n) is 2.75. The minimum absolute atomic E-state index is 0.0324. The van der Waals surface area contributed by atoms with Crippen LogP contribution in [0.1, 0.15) is 12.5 Å². The van der Waals surface area contributed by atoms with Crippen LogP contribution in [-0.4, -0.2) is 22.3 Å². The molecular formula is C10H12O3S. The fourth-order valence-corrected chi connectivity index (χ4v) is 1.87. The number of carbonyl (C=O) groups excluding carboxylic acids is 1. The number of hydrogen-bond donors (Lipinski definition) is 2. The molecule has 14 heavy (non-hydrogen) atoms. The zero-order chi connectivity index (χ0) is 10.6. The topological polar surface area (TPSA) is 57.5 Å². The van der Waals surface area contributed by atoms with Crippen LogP contribution in [0.4, 0.5) is 0 Å². The van der Waals surface area contributed by atoms with Gasteiger partial charge in [0, 0.05) is 22.9 Å². The van der Waals surface area contributed by atoms with E-state index in [1.807, 2.05) is 6.92 Å². The molecule has 0 radical (unpaired) electrons. The van der Waals surface area contributed by atoms with Crippen molar-refractivity contribution in [3.8, 4) is 11.5 Å². The van der Waals surface area contributed by atoms with E-state index >= 15 is 0 Å². The van der Waals surface area contributed by atoms with Crippen molar-refractivity contribution >= 4 is 18.0 Å². The molecule has 0 atom stereocenters. The van der Waals surface area contributed by atoms with Gasteiger partial charge < -0.3 is 15.0 Å². The Balaban J connectivity index is 3.06. The lowest BCUT2D eigenvalue weighted by Gasteiger charge is -2.06.